The molecule has 118 valence electrons. The maximum atomic E-state index is 12.1. The molecule has 0 saturated heterocycles. The molecule has 9 nitrogen and oxygen atoms in total. The number of aryl methyl sites for hydroxylation is 2. The summed E-state index contributed by atoms with van der Waals surface area (Å²) in [6.07, 6.45) is 1.48. The van der Waals surface area contributed by atoms with Crippen LogP contribution < -0.4 is 10.5 Å². The van der Waals surface area contributed by atoms with Crippen LogP contribution in [0, 0.1) is 6.92 Å². The normalized spacial score (nSPS) is 13.0. The zero-order chi connectivity index (χ0) is 16.2. The van der Waals surface area contributed by atoms with Crippen molar-refractivity contribution in [2.45, 2.75) is 44.3 Å². The third-order valence-electron chi connectivity index (χ3n) is 2.69. The van der Waals surface area contributed by atoms with Crippen LogP contribution in [0.15, 0.2) is 11.2 Å². The van der Waals surface area contributed by atoms with Crippen molar-refractivity contribution in [3.8, 4) is 0 Å². The molecule has 1 aromatic rings. The molecule has 21 heavy (non-hydrogen) atoms. The van der Waals surface area contributed by atoms with E-state index in [1.54, 1.807) is 11.5 Å². The highest BCUT2D eigenvalue weighted by Gasteiger charge is 2.28. The van der Waals surface area contributed by atoms with Gasteiger partial charge in [-0.25, -0.2) is 13.4 Å². The van der Waals surface area contributed by atoms with E-state index >= 15 is 0 Å². The van der Waals surface area contributed by atoms with Crippen LogP contribution in [0.3, 0.4) is 0 Å². The smallest absolute Gasteiger partial charge is 0.322 e. The van der Waals surface area contributed by atoms with Gasteiger partial charge in [0.2, 0.25) is 5.91 Å². The molecule has 1 atom stereocenters. The lowest BCUT2D eigenvalue weighted by Gasteiger charge is -2.11. The fraction of sp³-hybridized carbons (Fsp3) is 0.545. The van der Waals surface area contributed by atoms with Gasteiger partial charge in [-0.1, -0.05) is 6.92 Å². The van der Waals surface area contributed by atoms with Crippen LogP contribution in [0.4, 0.5) is 0 Å². The number of imidazole rings is 1. The molecule has 0 bridgehead atoms. The lowest BCUT2D eigenvalue weighted by molar-refractivity contribution is -0.140. The molecule has 0 radical (unpaired) electrons. The second-order valence-electron chi connectivity index (χ2n) is 4.50. The summed E-state index contributed by atoms with van der Waals surface area (Å²) in [5.41, 5.74) is 4.90. The summed E-state index contributed by atoms with van der Waals surface area (Å²) in [4.78, 5) is 25.6. The Kier molecular flexibility index (Phi) is 5.44. The SMILES string of the molecule is CCCn1cc(S(=O)(=O)N[C@H](CC(N)=O)C(=O)O)nc1C. The van der Waals surface area contributed by atoms with Gasteiger partial charge < -0.3 is 15.4 Å². The number of sulfonamides is 1. The summed E-state index contributed by atoms with van der Waals surface area (Å²) < 4.78 is 27.8. The van der Waals surface area contributed by atoms with Gasteiger partial charge in [0, 0.05) is 12.7 Å². The van der Waals surface area contributed by atoms with Crippen molar-refractivity contribution < 1.29 is 23.1 Å². The van der Waals surface area contributed by atoms with Gasteiger partial charge in [-0.15, -0.1) is 0 Å². The fourth-order valence-electron chi connectivity index (χ4n) is 1.70. The zero-order valence-electron chi connectivity index (χ0n) is 11.7. The first-order chi connectivity index (χ1) is 9.67. The predicted octanol–water partition coefficient (Wildman–Crippen LogP) is -0.792. The molecule has 0 saturated carbocycles. The second-order valence-corrected chi connectivity index (χ2v) is 6.16. The number of nitrogens with one attached hydrogen (secondary N) is 1. The Morgan fingerprint density at radius 1 is 1.52 bits per heavy atom. The van der Waals surface area contributed by atoms with E-state index in [1.807, 2.05) is 11.6 Å². The van der Waals surface area contributed by atoms with Gasteiger partial charge in [0.05, 0.1) is 6.42 Å². The maximum Gasteiger partial charge on any atom is 0.322 e. The molecule has 0 unspecified atom stereocenters. The minimum absolute atomic E-state index is 0.288. The van der Waals surface area contributed by atoms with Gasteiger partial charge in [0.1, 0.15) is 11.9 Å². The number of aliphatic carboxylic acids is 1. The largest absolute Gasteiger partial charge is 0.480 e. The van der Waals surface area contributed by atoms with E-state index in [4.69, 9.17) is 10.8 Å². The third-order valence-corrected chi connectivity index (χ3v) is 4.04. The molecular formula is C11H18N4O5S. The Labute approximate surface area is 122 Å². The standard InChI is InChI=1S/C11H18N4O5S/c1-3-4-15-6-10(13-7(15)2)21(19,20)14-8(11(17)18)5-9(12)16/h6,8,14H,3-5H2,1-2H3,(H2,12,16)(H,17,18)/t8-/m1/s1. The monoisotopic (exact) mass is 318 g/mol. The molecule has 1 aromatic heterocycles. The number of rotatable bonds is 8. The van der Waals surface area contributed by atoms with E-state index in [2.05, 4.69) is 4.98 Å². The number of nitrogens with two attached hydrogens (primary N) is 1. The molecule has 0 spiro atoms. The van der Waals surface area contributed by atoms with Crippen LogP contribution in [-0.2, 0) is 26.2 Å². The highest BCUT2D eigenvalue weighted by molar-refractivity contribution is 7.89. The highest BCUT2D eigenvalue weighted by atomic mass is 32.2. The molecule has 0 aromatic carbocycles. The molecule has 0 aliphatic heterocycles. The summed E-state index contributed by atoms with van der Waals surface area (Å²) in [7, 11) is -4.14. The number of aromatic nitrogens is 2. The van der Waals surface area contributed by atoms with Gasteiger partial charge in [-0.3, -0.25) is 9.59 Å². The van der Waals surface area contributed by atoms with Gasteiger partial charge in [0.25, 0.3) is 10.0 Å². The number of hydrogen-bond acceptors (Lipinski definition) is 5. The topological polar surface area (TPSA) is 144 Å². The Bertz CT molecular complexity index is 637. The molecular weight excluding hydrogens is 300 g/mol. The summed E-state index contributed by atoms with van der Waals surface area (Å²) in [5, 5.41) is 8.63. The average molecular weight is 318 g/mol. The van der Waals surface area contributed by atoms with Gasteiger partial charge in [0.15, 0.2) is 5.03 Å². The van der Waals surface area contributed by atoms with Crippen LogP contribution in [0.5, 0.6) is 0 Å². The van der Waals surface area contributed by atoms with Crippen molar-refractivity contribution in [2.24, 2.45) is 5.73 Å². The van der Waals surface area contributed by atoms with Gasteiger partial charge >= 0.3 is 5.97 Å². The Morgan fingerprint density at radius 3 is 2.62 bits per heavy atom. The Balaban J connectivity index is 3.01. The first-order valence-corrected chi connectivity index (χ1v) is 7.73. The number of nitrogens with zero attached hydrogens (tertiary/aromatic N) is 2. The zero-order valence-corrected chi connectivity index (χ0v) is 12.6. The van der Waals surface area contributed by atoms with Crippen molar-refractivity contribution in [3.63, 3.8) is 0 Å². The molecule has 1 amide bonds. The van der Waals surface area contributed by atoms with Crippen molar-refractivity contribution in [2.75, 3.05) is 0 Å². The summed E-state index contributed by atoms with van der Waals surface area (Å²) >= 11 is 0. The number of carbonyl (C=O) groups excluding carboxylic acids is 1. The van der Waals surface area contributed by atoms with Gasteiger partial charge in [-0.2, -0.15) is 4.72 Å². The van der Waals surface area contributed by atoms with E-state index in [9.17, 15) is 18.0 Å². The molecule has 4 N–H and O–H groups in total. The van der Waals surface area contributed by atoms with Crippen molar-refractivity contribution in [1.29, 1.82) is 0 Å². The lowest BCUT2D eigenvalue weighted by Crippen LogP contribution is -2.43. The number of hydrogen-bond donors (Lipinski definition) is 3. The first kappa shape index (κ1) is 17.1. The molecule has 0 fully saturated rings. The summed E-state index contributed by atoms with van der Waals surface area (Å²) in [6, 6.07) is -1.62. The minimum Gasteiger partial charge on any atom is -0.480 e. The van der Waals surface area contributed by atoms with Crippen molar-refractivity contribution >= 4 is 21.9 Å². The third kappa shape index (κ3) is 4.53. The lowest BCUT2D eigenvalue weighted by atomic mass is 10.2. The summed E-state index contributed by atoms with van der Waals surface area (Å²) in [6.45, 7) is 4.17. The second kappa shape index (κ2) is 6.68. The average Bonchev–Trinajstić information content (AvgIpc) is 2.70. The van der Waals surface area contributed by atoms with Crippen LogP contribution in [-0.4, -0.2) is 41.0 Å². The van der Waals surface area contributed by atoms with E-state index in [-0.39, 0.29) is 5.03 Å². The number of carboxylic acids is 1. The van der Waals surface area contributed by atoms with Crippen molar-refractivity contribution in [1.82, 2.24) is 14.3 Å². The predicted molar refractivity (Wildman–Crippen MR) is 72.8 cm³/mol. The van der Waals surface area contributed by atoms with Gasteiger partial charge in [-0.05, 0) is 13.3 Å². The quantitative estimate of drug-likeness (QED) is 0.572. The van der Waals surface area contributed by atoms with Crippen LogP contribution in [0.2, 0.25) is 0 Å². The molecule has 0 aliphatic rings. The minimum atomic E-state index is -4.14. The number of carboxylic acid groups (broad SMARTS) is 1. The number of primary amides is 1. The van der Waals surface area contributed by atoms with Crippen LogP contribution in [0.25, 0.3) is 0 Å². The van der Waals surface area contributed by atoms with E-state index in [0.29, 0.717) is 12.4 Å². The molecule has 0 aliphatic carbocycles. The molecule has 10 heteroatoms. The molecule has 1 rings (SSSR count). The van der Waals surface area contributed by atoms with E-state index in [0.717, 1.165) is 6.42 Å². The number of carbonyl (C=O) groups is 2. The fourth-order valence-corrected chi connectivity index (χ4v) is 2.90. The maximum absolute atomic E-state index is 12.1. The van der Waals surface area contributed by atoms with Crippen molar-refractivity contribution in [3.05, 3.63) is 12.0 Å². The summed E-state index contributed by atoms with van der Waals surface area (Å²) in [5.74, 6) is -1.90. The van der Waals surface area contributed by atoms with E-state index < -0.39 is 34.4 Å². The Morgan fingerprint density at radius 2 is 2.14 bits per heavy atom. The first-order valence-electron chi connectivity index (χ1n) is 6.24. The Hall–Kier alpha value is -1.94. The number of amides is 1. The van der Waals surface area contributed by atoms with E-state index in [1.165, 1.54) is 6.20 Å². The molecule has 1 heterocycles. The highest BCUT2D eigenvalue weighted by Crippen LogP contribution is 2.11. The van der Waals surface area contributed by atoms with Crippen LogP contribution >= 0.6 is 0 Å². The van der Waals surface area contributed by atoms with Crippen LogP contribution in [0.1, 0.15) is 25.6 Å².